The molecule has 1 heterocycles. The minimum atomic E-state index is -0.396. The van der Waals surface area contributed by atoms with Gasteiger partial charge < -0.3 is 11.1 Å². The van der Waals surface area contributed by atoms with E-state index < -0.39 is 5.54 Å². The topological polar surface area (TPSA) is 55.1 Å². The molecular formula is C11H22N2OS. The van der Waals surface area contributed by atoms with Gasteiger partial charge in [-0.1, -0.05) is 0 Å². The molecule has 0 radical (unpaired) electrons. The van der Waals surface area contributed by atoms with E-state index in [2.05, 4.69) is 5.32 Å². The highest BCUT2D eigenvalue weighted by Gasteiger charge is 2.18. The molecule has 1 fully saturated rings. The summed E-state index contributed by atoms with van der Waals surface area (Å²) in [6.07, 6.45) is 2.88. The molecule has 1 saturated heterocycles. The minimum Gasteiger partial charge on any atom is -0.356 e. The van der Waals surface area contributed by atoms with Crippen molar-refractivity contribution < 1.29 is 4.79 Å². The molecule has 0 atom stereocenters. The summed E-state index contributed by atoms with van der Waals surface area (Å²) in [5.74, 6) is 3.24. The molecule has 3 N–H and O–H groups in total. The number of carbonyl (C=O) groups excluding carboxylic acids is 1. The molecule has 1 amide bonds. The van der Waals surface area contributed by atoms with Gasteiger partial charge in [-0.2, -0.15) is 11.8 Å². The zero-order valence-corrected chi connectivity index (χ0v) is 10.5. The lowest BCUT2D eigenvalue weighted by molar-refractivity contribution is -0.122. The van der Waals surface area contributed by atoms with E-state index in [9.17, 15) is 4.79 Å². The first-order valence-electron chi connectivity index (χ1n) is 5.61. The van der Waals surface area contributed by atoms with Gasteiger partial charge >= 0.3 is 0 Å². The molecule has 0 spiro atoms. The van der Waals surface area contributed by atoms with E-state index in [1.54, 1.807) is 0 Å². The van der Waals surface area contributed by atoms with Gasteiger partial charge in [0, 0.05) is 18.5 Å². The fraction of sp³-hybridized carbons (Fsp3) is 0.909. The average molecular weight is 230 g/mol. The number of thioether (sulfide) groups is 1. The first kappa shape index (κ1) is 12.8. The molecule has 0 bridgehead atoms. The smallest absolute Gasteiger partial charge is 0.221 e. The lowest BCUT2D eigenvalue weighted by atomic mass is 10.0. The molecule has 1 rings (SSSR count). The maximum Gasteiger partial charge on any atom is 0.221 e. The molecule has 0 unspecified atom stereocenters. The lowest BCUT2D eigenvalue weighted by Crippen LogP contribution is -2.40. The molecule has 0 aromatic heterocycles. The van der Waals surface area contributed by atoms with Gasteiger partial charge in [-0.25, -0.2) is 0 Å². The highest BCUT2D eigenvalue weighted by molar-refractivity contribution is 7.99. The number of carbonyl (C=O) groups is 1. The quantitative estimate of drug-likeness (QED) is 0.767. The Labute approximate surface area is 96.6 Å². The number of nitrogens with two attached hydrogens (primary N) is 1. The Balaban J connectivity index is 2.15. The van der Waals surface area contributed by atoms with Gasteiger partial charge in [0.2, 0.25) is 5.91 Å². The van der Waals surface area contributed by atoms with E-state index in [0.29, 0.717) is 12.3 Å². The van der Waals surface area contributed by atoms with Crippen LogP contribution in [-0.2, 0) is 4.79 Å². The predicted octanol–water partition coefficient (Wildman–Crippen LogP) is 1.37. The van der Waals surface area contributed by atoms with Crippen LogP contribution in [-0.4, -0.2) is 29.5 Å². The van der Waals surface area contributed by atoms with Crippen molar-refractivity contribution in [3.05, 3.63) is 0 Å². The van der Waals surface area contributed by atoms with Crippen LogP contribution in [0.4, 0.5) is 0 Å². The van der Waals surface area contributed by atoms with Crippen LogP contribution in [0.2, 0.25) is 0 Å². The number of hydrogen-bond donors (Lipinski definition) is 2. The van der Waals surface area contributed by atoms with E-state index >= 15 is 0 Å². The van der Waals surface area contributed by atoms with Gasteiger partial charge in [-0.15, -0.1) is 0 Å². The summed E-state index contributed by atoms with van der Waals surface area (Å²) in [5, 5.41) is 2.98. The number of rotatable bonds is 4. The Hall–Kier alpha value is -0.220. The third-order valence-electron chi connectivity index (χ3n) is 2.54. The zero-order valence-electron chi connectivity index (χ0n) is 9.71. The molecule has 0 aliphatic carbocycles. The fourth-order valence-corrected chi connectivity index (χ4v) is 2.89. The third kappa shape index (κ3) is 6.05. The molecule has 0 aromatic rings. The van der Waals surface area contributed by atoms with Crippen LogP contribution >= 0.6 is 11.8 Å². The first-order chi connectivity index (χ1) is 6.97. The summed E-state index contributed by atoms with van der Waals surface area (Å²) in [4.78, 5) is 11.5. The standard InChI is InChI=1S/C11H22N2OS/c1-11(2,12)7-10(14)13-8-9-3-5-15-6-4-9/h9H,3-8,12H2,1-2H3,(H,13,14). The van der Waals surface area contributed by atoms with Gasteiger partial charge in [0.25, 0.3) is 0 Å². The summed E-state index contributed by atoms with van der Waals surface area (Å²) in [6.45, 7) is 4.59. The van der Waals surface area contributed by atoms with Crippen molar-refractivity contribution in [2.75, 3.05) is 18.1 Å². The Morgan fingerprint density at radius 2 is 2.07 bits per heavy atom. The van der Waals surface area contributed by atoms with Gasteiger partial charge in [-0.05, 0) is 44.1 Å². The molecule has 1 aliphatic heterocycles. The zero-order chi connectivity index (χ0) is 11.3. The van der Waals surface area contributed by atoms with Gasteiger partial charge in [0.05, 0.1) is 0 Å². The monoisotopic (exact) mass is 230 g/mol. The highest BCUT2D eigenvalue weighted by Crippen LogP contribution is 2.21. The van der Waals surface area contributed by atoms with Crippen LogP contribution in [0.25, 0.3) is 0 Å². The van der Waals surface area contributed by atoms with Crippen LogP contribution in [0.5, 0.6) is 0 Å². The molecule has 3 nitrogen and oxygen atoms in total. The highest BCUT2D eigenvalue weighted by atomic mass is 32.2. The van der Waals surface area contributed by atoms with Crippen molar-refractivity contribution in [2.24, 2.45) is 11.7 Å². The molecule has 1 aliphatic rings. The summed E-state index contributed by atoms with van der Waals surface area (Å²) in [6, 6.07) is 0. The maximum atomic E-state index is 11.5. The van der Waals surface area contributed by atoms with Crippen molar-refractivity contribution >= 4 is 17.7 Å². The van der Waals surface area contributed by atoms with Gasteiger partial charge in [-0.3, -0.25) is 4.79 Å². The Morgan fingerprint density at radius 3 is 2.60 bits per heavy atom. The van der Waals surface area contributed by atoms with Crippen LogP contribution in [0.1, 0.15) is 33.1 Å². The number of nitrogens with one attached hydrogen (secondary N) is 1. The molecule has 15 heavy (non-hydrogen) atoms. The van der Waals surface area contributed by atoms with E-state index in [1.165, 1.54) is 24.3 Å². The summed E-state index contributed by atoms with van der Waals surface area (Å²) >= 11 is 2.01. The van der Waals surface area contributed by atoms with Crippen molar-refractivity contribution in [1.29, 1.82) is 0 Å². The summed E-state index contributed by atoms with van der Waals surface area (Å²) < 4.78 is 0. The first-order valence-corrected chi connectivity index (χ1v) is 6.76. The molecule has 0 aromatic carbocycles. The van der Waals surface area contributed by atoms with Crippen molar-refractivity contribution in [3.8, 4) is 0 Å². The second-order valence-corrected chi connectivity index (χ2v) is 6.25. The van der Waals surface area contributed by atoms with E-state index in [0.717, 1.165) is 6.54 Å². The molecular weight excluding hydrogens is 208 g/mol. The Bertz CT molecular complexity index is 207. The van der Waals surface area contributed by atoms with E-state index in [4.69, 9.17) is 5.73 Å². The van der Waals surface area contributed by atoms with Crippen molar-refractivity contribution in [2.45, 2.75) is 38.6 Å². The van der Waals surface area contributed by atoms with Crippen LogP contribution < -0.4 is 11.1 Å². The summed E-state index contributed by atoms with van der Waals surface area (Å²) in [7, 11) is 0. The van der Waals surface area contributed by atoms with Crippen LogP contribution in [0.3, 0.4) is 0 Å². The second-order valence-electron chi connectivity index (χ2n) is 5.03. The molecule has 0 saturated carbocycles. The van der Waals surface area contributed by atoms with Gasteiger partial charge in [0.15, 0.2) is 0 Å². The molecule has 4 heteroatoms. The van der Waals surface area contributed by atoms with Crippen LogP contribution in [0, 0.1) is 5.92 Å². The normalized spacial score (nSPS) is 18.9. The minimum absolute atomic E-state index is 0.0840. The Morgan fingerprint density at radius 1 is 1.47 bits per heavy atom. The van der Waals surface area contributed by atoms with Crippen molar-refractivity contribution in [1.82, 2.24) is 5.32 Å². The largest absolute Gasteiger partial charge is 0.356 e. The summed E-state index contributed by atoms with van der Waals surface area (Å²) in [5.41, 5.74) is 5.38. The predicted molar refractivity (Wildman–Crippen MR) is 65.9 cm³/mol. The molecule has 88 valence electrons. The van der Waals surface area contributed by atoms with Gasteiger partial charge in [0.1, 0.15) is 0 Å². The number of amides is 1. The van der Waals surface area contributed by atoms with E-state index in [1.807, 2.05) is 25.6 Å². The third-order valence-corrected chi connectivity index (χ3v) is 3.59. The maximum absolute atomic E-state index is 11.5. The SMILES string of the molecule is CC(C)(N)CC(=O)NCC1CCSCC1. The average Bonchev–Trinajstić information content (AvgIpc) is 2.14. The fourth-order valence-electron chi connectivity index (χ4n) is 1.69. The van der Waals surface area contributed by atoms with Crippen molar-refractivity contribution in [3.63, 3.8) is 0 Å². The van der Waals surface area contributed by atoms with E-state index in [-0.39, 0.29) is 5.91 Å². The lowest BCUT2D eigenvalue weighted by Gasteiger charge is -2.23. The Kier molecular flexibility index (Phi) is 4.93. The van der Waals surface area contributed by atoms with Crippen LogP contribution in [0.15, 0.2) is 0 Å². The second kappa shape index (κ2) is 5.75. The number of hydrogen-bond acceptors (Lipinski definition) is 3.